The van der Waals surface area contributed by atoms with E-state index < -0.39 is 5.97 Å². The summed E-state index contributed by atoms with van der Waals surface area (Å²) in [6.45, 7) is 8.42. The van der Waals surface area contributed by atoms with Crippen LogP contribution in [0.15, 0.2) is 30.9 Å². The third-order valence-electron chi connectivity index (χ3n) is 2.22. The van der Waals surface area contributed by atoms with Crippen molar-refractivity contribution in [2.45, 2.75) is 6.92 Å². The molecule has 0 spiro atoms. The Bertz CT molecular complexity index is 646. The average Bonchev–Trinajstić information content (AvgIpc) is 2.49. The van der Waals surface area contributed by atoms with Crippen LogP contribution in [0.2, 0.25) is 20.1 Å². The first-order valence-corrected chi connectivity index (χ1v) is 7.58. The van der Waals surface area contributed by atoms with Gasteiger partial charge in [0.1, 0.15) is 5.02 Å². The van der Waals surface area contributed by atoms with Gasteiger partial charge in [-0.2, -0.15) is 0 Å². The fourth-order valence-corrected chi connectivity index (χ4v) is 1.98. The molecule has 1 rings (SSSR count). The number of ether oxygens (including phenoxy) is 1. The van der Waals surface area contributed by atoms with Crippen LogP contribution in [0.4, 0.5) is 0 Å². The van der Waals surface area contributed by atoms with Gasteiger partial charge in [-0.05, 0) is 6.92 Å². The topological polar surface area (TPSA) is 81.6 Å². The van der Waals surface area contributed by atoms with Crippen molar-refractivity contribution < 1.29 is 14.3 Å². The number of esters is 1. The van der Waals surface area contributed by atoms with Crippen molar-refractivity contribution in [3.63, 3.8) is 0 Å². The second kappa shape index (κ2) is 11.3. The Balaban J connectivity index is 0. The maximum Gasteiger partial charge on any atom is 0.335 e. The van der Waals surface area contributed by atoms with Gasteiger partial charge >= 0.3 is 5.97 Å². The molecule has 24 heavy (non-hydrogen) atoms. The largest absolute Gasteiger partial charge is 0.422 e. The van der Waals surface area contributed by atoms with Crippen LogP contribution in [0.25, 0.3) is 0 Å². The summed E-state index contributed by atoms with van der Waals surface area (Å²) in [5.74, 6) is -0.627. The minimum atomic E-state index is -0.661. The van der Waals surface area contributed by atoms with Gasteiger partial charge in [0.15, 0.2) is 5.75 Å². The van der Waals surface area contributed by atoms with Gasteiger partial charge in [0.2, 0.25) is 5.91 Å². The molecule has 0 bridgehead atoms. The number of hydrogen-bond donors (Lipinski definition) is 1. The number of hydrogen-bond acceptors (Lipinski definition) is 4. The number of amides is 1. The molecule has 134 valence electrons. The minimum absolute atomic E-state index is 0. The summed E-state index contributed by atoms with van der Waals surface area (Å²) in [5, 5.41) is 0.332. The molecule has 0 aliphatic rings. The second-order valence-electron chi connectivity index (χ2n) is 4.40. The van der Waals surface area contributed by atoms with Crippen LogP contribution in [0.5, 0.6) is 5.75 Å². The van der Waals surface area contributed by atoms with E-state index in [9.17, 15) is 9.59 Å². The highest BCUT2D eigenvalue weighted by Crippen LogP contribution is 2.41. The number of carbonyl (C=O) groups is 2. The van der Waals surface area contributed by atoms with Crippen molar-refractivity contribution in [3.05, 3.63) is 51.0 Å². The molecule has 0 heterocycles. The quantitative estimate of drug-likeness (QED) is 0.241. The highest BCUT2D eigenvalue weighted by atomic mass is 35.5. The van der Waals surface area contributed by atoms with E-state index in [0.717, 1.165) is 6.08 Å². The fourth-order valence-electron chi connectivity index (χ4n) is 1.16. The molecule has 1 aromatic rings. The molecule has 0 fully saturated rings. The van der Waals surface area contributed by atoms with Crippen molar-refractivity contribution in [1.29, 1.82) is 0 Å². The fraction of sp³-hybridized carbons (Fsp3) is 0.200. The Kier molecular flexibility index (Phi) is 11.8. The Morgan fingerprint density at radius 3 is 1.96 bits per heavy atom. The SMILES string of the molecule is C=C(C)C(=O)N(C)C.C=CC(=O)Oc1cc(Cl)c(Cl)c(Cl)c1Cl.N. The summed E-state index contributed by atoms with van der Waals surface area (Å²) in [7, 11) is 3.41. The van der Waals surface area contributed by atoms with E-state index in [1.807, 2.05) is 0 Å². The normalized spacial score (nSPS) is 8.96. The lowest BCUT2D eigenvalue weighted by Crippen LogP contribution is -2.21. The number of rotatable bonds is 3. The van der Waals surface area contributed by atoms with E-state index in [-0.39, 0.29) is 37.9 Å². The molecule has 0 radical (unpaired) electrons. The predicted molar refractivity (Wildman–Crippen MR) is 101 cm³/mol. The molecule has 0 atom stereocenters. The molecule has 0 aromatic heterocycles. The van der Waals surface area contributed by atoms with Crippen molar-refractivity contribution in [2.24, 2.45) is 0 Å². The monoisotopic (exact) mass is 414 g/mol. The molecule has 0 saturated heterocycles. The molecule has 0 aliphatic heterocycles. The lowest BCUT2D eigenvalue weighted by molar-refractivity contribution is -0.129. The van der Waals surface area contributed by atoms with E-state index in [0.29, 0.717) is 5.57 Å². The molecule has 0 aliphatic carbocycles. The van der Waals surface area contributed by atoms with Crippen molar-refractivity contribution in [1.82, 2.24) is 11.1 Å². The maximum atomic E-state index is 10.9. The van der Waals surface area contributed by atoms with Crippen LogP contribution in [0.3, 0.4) is 0 Å². The number of halogens is 4. The van der Waals surface area contributed by atoms with Crippen LogP contribution in [0, 0.1) is 0 Å². The molecule has 3 N–H and O–H groups in total. The molecule has 9 heteroatoms. The summed E-state index contributed by atoms with van der Waals surface area (Å²) in [6.07, 6.45) is 0.993. The van der Waals surface area contributed by atoms with E-state index in [1.54, 1.807) is 21.0 Å². The smallest absolute Gasteiger partial charge is 0.335 e. The Morgan fingerprint density at radius 2 is 1.62 bits per heavy atom. The number of carbonyl (C=O) groups excluding carboxylic acids is 2. The van der Waals surface area contributed by atoms with Gasteiger partial charge < -0.3 is 15.8 Å². The lowest BCUT2D eigenvalue weighted by Gasteiger charge is -2.07. The molecule has 0 unspecified atom stereocenters. The van der Waals surface area contributed by atoms with Crippen molar-refractivity contribution >= 4 is 58.3 Å². The first-order chi connectivity index (χ1) is 10.5. The zero-order valence-electron chi connectivity index (χ0n) is 13.5. The summed E-state index contributed by atoms with van der Waals surface area (Å²) < 4.78 is 4.79. The van der Waals surface area contributed by atoms with Gasteiger partial charge in [-0.1, -0.05) is 59.6 Å². The average molecular weight is 416 g/mol. The van der Waals surface area contributed by atoms with Gasteiger partial charge in [-0.3, -0.25) is 4.79 Å². The van der Waals surface area contributed by atoms with Crippen LogP contribution in [-0.2, 0) is 9.59 Å². The number of benzene rings is 1. The zero-order valence-corrected chi connectivity index (χ0v) is 16.5. The maximum absolute atomic E-state index is 10.9. The Labute approximate surface area is 161 Å². The molecular weight excluding hydrogens is 398 g/mol. The zero-order chi connectivity index (χ0) is 18.3. The van der Waals surface area contributed by atoms with E-state index in [4.69, 9.17) is 51.1 Å². The van der Waals surface area contributed by atoms with Gasteiger partial charge in [-0.25, -0.2) is 4.79 Å². The predicted octanol–water partition coefficient (Wildman–Crippen LogP) is 5.20. The molecule has 5 nitrogen and oxygen atoms in total. The van der Waals surface area contributed by atoms with Gasteiger partial charge in [0.25, 0.3) is 0 Å². The van der Waals surface area contributed by atoms with E-state index in [2.05, 4.69) is 13.2 Å². The number of likely N-dealkylation sites (N-methyl/N-ethyl adjacent to an activating group) is 1. The van der Waals surface area contributed by atoms with Crippen molar-refractivity contribution in [2.75, 3.05) is 14.1 Å². The minimum Gasteiger partial charge on any atom is -0.422 e. The van der Waals surface area contributed by atoms with E-state index in [1.165, 1.54) is 11.0 Å². The summed E-state index contributed by atoms with van der Waals surface area (Å²) in [4.78, 5) is 23.1. The van der Waals surface area contributed by atoms with Crippen LogP contribution < -0.4 is 10.9 Å². The first-order valence-electron chi connectivity index (χ1n) is 6.07. The first kappa shape index (κ1) is 25.0. The second-order valence-corrected chi connectivity index (χ2v) is 5.94. The summed E-state index contributed by atoms with van der Waals surface area (Å²) >= 11 is 23.0. The highest BCUT2D eigenvalue weighted by molar-refractivity contribution is 6.52. The number of nitrogens with zero attached hydrogens (tertiary/aromatic N) is 1. The standard InChI is InChI=1S/C9H4Cl4O2.C6H11NO.H3N/c1-2-6(14)15-5-3-4(10)7(11)9(13)8(5)12;1-5(2)6(8)7(3)4;/h2-3H,1H2;1H2,2-4H3;1H3. The van der Waals surface area contributed by atoms with E-state index >= 15 is 0 Å². The third-order valence-corrected chi connectivity index (χ3v) is 3.95. The molecule has 1 aromatic carbocycles. The third kappa shape index (κ3) is 7.55. The van der Waals surface area contributed by atoms with Crippen molar-refractivity contribution in [3.8, 4) is 5.75 Å². The Hall–Kier alpha value is -1.24. The molecule has 1 amide bonds. The Morgan fingerprint density at radius 1 is 1.12 bits per heavy atom. The summed E-state index contributed by atoms with van der Waals surface area (Å²) in [6, 6.07) is 1.31. The molecule has 0 saturated carbocycles. The van der Waals surface area contributed by atoms with Gasteiger partial charge in [0, 0.05) is 31.8 Å². The van der Waals surface area contributed by atoms with Gasteiger partial charge in [0.05, 0.1) is 15.1 Å². The highest BCUT2D eigenvalue weighted by Gasteiger charge is 2.15. The molecular formula is C15H18Cl4N2O3. The van der Waals surface area contributed by atoms with Crippen LogP contribution in [0.1, 0.15) is 6.92 Å². The lowest BCUT2D eigenvalue weighted by atomic mass is 10.3. The van der Waals surface area contributed by atoms with Crippen LogP contribution in [-0.4, -0.2) is 30.9 Å². The van der Waals surface area contributed by atoms with Crippen LogP contribution >= 0.6 is 46.4 Å². The summed E-state index contributed by atoms with van der Waals surface area (Å²) in [5.41, 5.74) is 0.579. The van der Waals surface area contributed by atoms with Gasteiger partial charge in [-0.15, -0.1) is 0 Å².